The molecule has 7 heteroatoms. The zero-order chi connectivity index (χ0) is 25.3. The fraction of sp³-hybridized carbons (Fsp3) is 0.179. The molecule has 1 fully saturated rings. The minimum absolute atomic E-state index is 0.0574. The van der Waals surface area contributed by atoms with Gasteiger partial charge in [-0.1, -0.05) is 59.6 Å². The third-order valence-electron chi connectivity index (χ3n) is 5.60. The molecule has 0 bridgehead atoms. The van der Waals surface area contributed by atoms with Gasteiger partial charge in [-0.3, -0.25) is 14.5 Å². The van der Waals surface area contributed by atoms with E-state index in [0.717, 1.165) is 5.56 Å². The van der Waals surface area contributed by atoms with Gasteiger partial charge >= 0.3 is 5.97 Å². The van der Waals surface area contributed by atoms with Crippen LogP contribution in [-0.4, -0.2) is 28.9 Å². The van der Waals surface area contributed by atoms with Gasteiger partial charge < -0.3 is 9.84 Å². The van der Waals surface area contributed by atoms with Gasteiger partial charge in [0.05, 0.1) is 23.3 Å². The minimum Gasteiger partial charge on any atom is -0.507 e. The first-order chi connectivity index (χ1) is 16.7. The highest BCUT2D eigenvalue weighted by molar-refractivity contribution is 6.51. The number of aliphatic hydroxyl groups excluding tert-OH is 1. The Bertz CT molecular complexity index is 1360. The van der Waals surface area contributed by atoms with Gasteiger partial charge in [0.1, 0.15) is 5.76 Å². The Balaban J connectivity index is 1.91. The lowest BCUT2D eigenvalue weighted by molar-refractivity contribution is -0.132. The number of hydrogen-bond donors (Lipinski definition) is 1. The number of ketones is 1. The molecule has 3 aromatic rings. The van der Waals surface area contributed by atoms with E-state index in [-0.39, 0.29) is 23.0 Å². The highest BCUT2D eigenvalue weighted by atomic mass is 35.5. The van der Waals surface area contributed by atoms with E-state index in [1.807, 2.05) is 25.1 Å². The van der Waals surface area contributed by atoms with E-state index >= 15 is 0 Å². The van der Waals surface area contributed by atoms with Gasteiger partial charge in [0.15, 0.2) is 0 Å². The van der Waals surface area contributed by atoms with Crippen molar-refractivity contribution in [2.45, 2.75) is 32.9 Å². The maximum atomic E-state index is 13.3. The van der Waals surface area contributed by atoms with Crippen LogP contribution >= 0.6 is 11.6 Å². The van der Waals surface area contributed by atoms with Gasteiger partial charge in [-0.2, -0.15) is 0 Å². The molecule has 0 spiro atoms. The number of Topliss-reactive ketones (excluding diaryl/α,β-unsaturated/α-hetero) is 1. The third-order valence-corrected chi connectivity index (χ3v) is 5.84. The second-order valence-corrected chi connectivity index (χ2v) is 9.03. The Kier molecular flexibility index (Phi) is 6.76. The fourth-order valence-electron chi connectivity index (χ4n) is 4.11. The van der Waals surface area contributed by atoms with Crippen LogP contribution in [0.15, 0.2) is 78.4 Å². The van der Waals surface area contributed by atoms with E-state index in [4.69, 9.17) is 16.3 Å². The largest absolute Gasteiger partial charge is 0.507 e. The zero-order valence-corrected chi connectivity index (χ0v) is 20.2. The SMILES string of the molecule is Cc1cccc(C2/C(=C(\O)c3cccc(Cl)c3)C(=O)C(=O)N2c2cccc(C(=O)OC(C)C)c2)c1. The van der Waals surface area contributed by atoms with E-state index in [1.165, 1.54) is 17.0 Å². The molecule has 0 aliphatic carbocycles. The van der Waals surface area contributed by atoms with E-state index in [2.05, 4.69) is 0 Å². The maximum Gasteiger partial charge on any atom is 0.338 e. The number of halogens is 1. The summed E-state index contributed by atoms with van der Waals surface area (Å²) in [6.07, 6.45) is -0.314. The summed E-state index contributed by atoms with van der Waals surface area (Å²) in [4.78, 5) is 40.4. The molecule has 35 heavy (non-hydrogen) atoms. The van der Waals surface area contributed by atoms with Crippen molar-refractivity contribution in [3.05, 3.63) is 106 Å². The van der Waals surface area contributed by atoms with Crippen LogP contribution in [0.25, 0.3) is 5.76 Å². The molecule has 6 nitrogen and oxygen atoms in total. The summed E-state index contributed by atoms with van der Waals surface area (Å²) in [6, 6.07) is 19.2. The number of amides is 1. The summed E-state index contributed by atoms with van der Waals surface area (Å²) < 4.78 is 5.29. The molecular formula is C28H24ClNO5. The Labute approximate surface area is 208 Å². The first-order valence-corrected chi connectivity index (χ1v) is 11.5. The molecule has 1 N–H and O–H groups in total. The Morgan fingerprint density at radius 2 is 1.66 bits per heavy atom. The number of nitrogens with zero attached hydrogens (tertiary/aromatic N) is 1. The third kappa shape index (κ3) is 4.84. The predicted molar refractivity (Wildman–Crippen MR) is 134 cm³/mol. The summed E-state index contributed by atoms with van der Waals surface area (Å²) >= 11 is 6.10. The second kappa shape index (κ2) is 9.76. The van der Waals surface area contributed by atoms with Crippen LogP contribution in [0.2, 0.25) is 5.02 Å². The molecule has 0 aromatic heterocycles. The van der Waals surface area contributed by atoms with E-state index < -0.39 is 23.7 Å². The number of aryl methyl sites for hydroxylation is 1. The molecule has 4 rings (SSSR count). The smallest absolute Gasteiger partial charge is 0.338 e. The Morgan fingerprint density at radius 3 is 2.34 bits per heavy atom. The highest BCUT2D eigenvalue weighted by Gasteiger charge is 2.47. The van der Waals surface area contributed by atoms with Gasteiger partial charge in [-0.25, -0.2) is 4.79 Å². The number of ether oxygens (including phenoxy) is 1. The standard InChI is InChI=1S/C28H24ClNO5/c1-16(2)35-28(34)20-10-6-12-22(15-20)30-24(18-8-4-7-17(3)13-18)23(26(32)27(30)33)25(31)19-9-5-11-21(29)14-19/h4-16,24,31H,1-3H3/b25-23+. The lowest BCUT2D eigenvalue weighted by Crippen LogP contribution is -2.29. The summed E-state index contributed by atoms with van der Waals surface area (Å²) in [5.41, 5.74) is 2.41. The lowest BCUT2D eigenvalue weighted by Gasteiger charge is -2.26. The topological polar surface area (TPSA) is 83.9 Å². The van der Waals surface area contributed by atoms with Crippen molar-refractivity contribution in [2.75, 3.05) is 4.90 Å². The van der Waals surface area contributed by atoms with Crippen molar-refractivity contribution < 1.29 is 24.2 Å². The molecule has 1 heterocycles. The monoisotopic (exact) mass is 489 g/mol. The number of benzene rings is 3. The number of carbonyl (C=O) groups excluding carboxylic acids is 3. The van der Waals surface area contributed by atoms with Crippen LogP contribution in [-0.2, 0) is 14.3 Å². The van der Waals surface area contributed by atoms with Crippen molar-refractivity contribution in [1.29, 1.82) is 0 Å². The quantitative estimate of drug-likeness (QED) is 0.211. The van der Waals surface area contributed by atoms with Gasteiger partial charge in [0, 0.05) is 16.3 Å². The average Bonchev–Trinajstić information content (AvgIpc) is 3.09. The normalized spacial score (nSPS) is 17.2. The first-order valence-electron chi connectivity index (χ1n) is 11.1. The number of hydrogen-bond acceptors (Lipinski definition) is 5. The number of anilines is 1. The molecule has 1 unspecified atom stereocenters. The van der Waals surface area contributed by atoms with Crippen LogP contribution < -0.4 is 4.90 Å². The molecule has 3 aromatic carbocycles. The number of aliphatic hydroxyl groups is 1. The van der Waals surface area contributed by atoms with Crippen LogP contribution in [0, 0.1) is 6.92 Å². The van der Waals surface area contributed by atoms with Crippen LogP contribution in [0.4, 0.5) is 5.69 Å². The molecule has 1 saturated heterocycles. The average molecular weight is 490 g/mol. The number of carbonyl (C=O) groups is 3. The molecule has 0 saturated carbocycles. The fourth-order valence-corrected chi connectivity index (χ4v) is 4.30. The van der Waals surface area contributed by atoms with Crippen molar-refractivity contribution in [3.8, 4) is 0 Å². The van der Waals surface area contributed by atoms with E-state index in [9.17, 15) is 19.5 Å². The molecule has 1 aliphatic heterocycles. The number of rotatable bonds is 5. The predicted octanol–water partition coefficient (Wildman–Crippen LogP) is 5.84. The summed E-state index contributed by atoms with van der Waals surface area (Å²) in [7, 11) is 0. The van der Waals surface area contributed by atoms with Gasteiger partial charge in [0.2, 0.25) is 0 Å². The molecular weight excluding hydrogens is 466 g/mol. The molecule has 1 atom stereocenters. The summed E-state index contributed by atoms with van der Waals surface area (Å²) in [5.74, 6) is -2.50. The molecule has 178 valence electrons. The van der Waals surface area contributed by atoms with Gasteiger partial charge in [0.25, 0.3) is 11.7 Å². The number of esters is 1. The molecule has 0 radical (unpaired) electrons. The van der Waals surface area contributed by atoms with E-state index in [0.29, 0.717) is 21.8 Å². The van der Waals surface area contributed by atoms with Crippen LogP contribution in [0.5, 0.6) is 0 Å². The van der Waals surface area contributed by atoms with Crippen LogP contribution in [0.1, 0.15) is 46.9 Å². The van der Waals surface area contributed by atoms with Crippen molar-refractivity contribution >= 4 is 40.7 Å². The van der Waals surface area contributed by atoms with Crippen molar-refractivity contribution in [1.82, 2.24) is 0 Å². The van der Waals surface area contributed by atoms with Gasteiger partial charge in [-0.15, -0.1) is 0 Å². The minimum atomic E-state index is -0.912. The van der Waals surface area contributed by atoms with Gasteiger partial charge in [-0.05, 0) is 56.7 Å². The van der Waals surface area contributed by atoms with Crippen molar-refractivity contribution in [3.63, 3.8) is 0 Å². The van der Waals surface area contributed by atoms with Crippen molar-refractivity contribution in [2.24, 2.45) is 0 Å². The Hall–Kier alpha value is -3.90. The highest BCUT2D eigenvalue weighted by Crippen LogP contribution is 2.42. The zero-order valence-electron chi connectivity index (χ0n) is 19.5. The maximum absolute atomic E-state index is 13.3. The second-order valence-electron chi connectivity index (χ2n) is 8.60. The Morgan fingerprint density at radius 1 is 0.971 bits per heavy atom. The molecule has 1 amide bonds. The summed E-state index contributed by atoms with van der Waals surface area (Å²) in [6.45, 7) is 5.39. The van der Waals surface area contributed by atoms with Crippen LogP contribution in [0.3, 0.4) is 0 Å². The lowest BCUT2D eigenvalue weighted by atomic mass is 9.94. The van der Waals surface area contributed by atoms with E-state index in [1.54, 1.807) is 56.3 Å². The first kappa shape index (κ1) is 24.2. The molecule has 1 aliphatic rings. The summed E-state index contributed by atoms with van der Waals surface area (Å²) in [5, 5.41) is 11.6.